The predicted molar refractivity (Wildman–Crippen MR) is 119 cm³/mol. The summed E-state index contributed by atoms with van der Waals surface area (Å²) in [5, 5.41) is 4.08. The molecule has 0 radical (unpaired) electrons. The van der Waals surface area contributed by atoms with Crippen LogP contribution in [0, 0.1) is 5.82 Å². The zero-order chi connectivity index (χ0) is 22.3. The molecule has 0 aliphatic carbocycles. The molecule has 0 bridgehead atoms. The fourth-order valence-corrected chi connectivity index (χ4v) is 2.81. The van der Waals surface area contributed by atoms with Crippen LogP contribution < -0.4 is 15.7 Å². The van der Waals surface area contributed by atoms with Crippen molar-refractivity contribution in [1.29, 1.82) is 0 Å². The van der Waals surface area contributed by atoms with E-state index >= 15 is 0 Å². The van der Waals surface area contributed by atoms with E-state index in [2.05, 4.69) is 20.5 Å². The molecule has 4 rings (SSSR count). The number of H-pyrrole nitrogens is 1. The smallest absolute Gasteiger partial charge is 0.343 e. The minimum Gasteiger partial charge on any atom is -0.423 e. The maximum atomic E-state index is 13.0. The number of hydrogen-bond donors (Lipinski definition) is 2. The lowest BCUT2D eigenvalue weighted by Crippen LogP contribution is -2.10. The number of halogens is 1. The molecule has 7 nitrogen and oxygen atoms in total. The minimum atomic E-state index is -0.582. The van der Waals surface area contributed by atoms with E-state index in [1.54, 1.807) is 24.3 Å². The molecule has 0 aliphatic heterocycles. The summed E-state index contributed by atoms with van der Waals surface area (Å²) in [5.41, 5.74) is 4.72. The molecule has 1 heterocycles. The van der Waals surface area contributed by atoms with Crippen LogP contribution in [-0.4, -0.2) is 22.2 Å². The fourth-order valence-electron chi connectivity index (χ4n) is 2.81. The molecule has 0 fully saturated rings. The molecule has 2 N–H and O–H groups in total. The molecule has 0 saturated heterocycles. The zero-order valence-electron chi connectivity index (χ0n) is 16.7. The highest BCUT2D eigenvalue weighted by atomic mass is 19.1. The number of anilines is 1. The topological polar surface area (TPSA) is 96.4 Å². The van der Waals surface area contributed by atoms with E-state index in [0.717, 1.165) is 11.1 Å². The van der Waals surface area contributed by atoms with Crippen molar-refractivity contribution in [3.8, 4) is 17.0 Å². The highest BCUT2D eigenvalue weighted by molar-refractivity contribution is 5.91. The predicted octanol–water partition coefficient (Wildman–Crippen LogP) is 4.24. The summed E-state index contributed by atoms with van der Waals surface area (Å²) < 4.78 is 18.2. The van der Waals surface area contributed by atoms with Gasteiger partial charge in [0.25, 0.3) is 5.56 Å². The Morgan fingerprint density at radius 2 is 1.72 bits per heavy atom. The van der Waals surface area contributed by atoms with Crippen LogP contribution in [0.25, 0.3) is 11.3 Å². The third kappa shape index (κ3) is 5.31. The van der Waals surface area contributed by atoms with Crippen LogP contribution in [0.4, 0.5) is 10.3 Å². The quantitative estimate of drug-likeness (QED) is 0.207. The van der Waals surface area contributed by atoms with Gasteiger partial charge >= 0.3 is 5.97 Å². The van der Waals surface area contributed by atoms with E-state index in [9.17, 15) is 14.0 Å². The van der Waals surface area contributed by atoms with Crippen LogP contribution in [-0.2, 0) is 0 Å². The Bertz CT molecular complexity index is 1300. The molecule has 1 aromatic heterocycles. The van der Waals surface area contributed by atoms with Crippen LogP contribution >= 0.6 is 0 Å². The van der Waals surface area contributed by atoms with Crippen molar-refractivity contribution >= 4 is 18.1 Å². The molecular weight excluding hydrogens is 411 g/mol. The number of aromatic nitrogens is 2. The van der Waals surface area contributed by atoms with E-state index in [-0.39, 0.29) is 17.1 Å². The van der Waals surface area contributed by atoms with E-state index in [4.69, 9.17) is 4.74 Å². The number of carbonyl (C=O) groups excluding carboxylic acids is 1. The number of nitrogens with one attached hydrogen (secondary N) is 2. The second-order valence-electron chi connectivity index (χ2n) is 6.68. The maximum Gasteiger partial charge on any atom is 0.343 e. The van der Waals surface area contributed by atoms with Crippen LogP contribution in [0.5, 0.6) is 5.75 Å². The first-order valence-corrected chi connectivity index (χ1v) is 9.60. The molecule has 8 heteroatoms. The van der Waals surface area contributed by atoms with E-state index in [1.807, 2.05) is 30.3 Å². The van der Waals surface area contributed by atoms with E-state index < -0.39 is 11.8 Å². The van der Waals surface area contributed by atoms with Crippen molar-refractivity contribution in [3.63, 3.8) is 0 Å². The van der Waals surface area contributed by atoms with Crippen molar-refractivity contribution in [1.82, 2.24) is 9.97 Å². The van der Waals surface area contributed by atoms with Crippen molar-refractivity contribution in [2.24, 2.45) is 5.10 Å². The number of rotatable bonds is 6. The van der Waals surface area contributed by atoms with Gasteiger partial charge in [-0.1, -0.05) is 30.3 Å². The van der Waals surface area contributed by atoms with Crippen molar-refractivity contribution in [2.75, 3.05) is 5.43 Å². The molecular formula is C24H17FN4O3. The molecule has 32 heavy (non-hydrogen) atoms. The lowest BCUT2D eigenvalue weighted by atomic mass is 10.1. The Labute approximate surface area is 182 Å². The average Bonchev–Trinajstić information content (AvgIpc) is 2.81. The van der Waals surface area contributed by atoms with Crippen molar-refractivity contribution in [3.05, 3.63) is 112 Å². The van der Waals surface area contributed by atoms with Gasteiger partial charge in [-0.15, -0.1) is 0 Å². The summed E-state index contributed by atoms with van der Waals surface area (Å²) in [6.07, 6.45) is 1.53. The Morgan fingerprint density at radius 1 is 1.00 bits per heavy atom. The van der Waals surface area contributed by atoms with Gasteiger partial charge in [-0.3, -0.25) is 9.78 Å². The number of ether oxygens (including phenoxy) is 1. The number of esters is 1. The summed E-state index contributed by atoms with van der Waals surface area (Å²) in [4.78, 5) is 30.9. The van der Waals surface area contributed by atoms with Gasteiger partial charge in [0.2, 0.25) is 5.95 Å². The van der Waals surface area contributed by atoms with Crippen LogP contribution in [0.2, 0.25) is 0 Å². The highest BCUT2D eigenvalue weighted by Gasteiger charge is 2.08. The monoisotopic (exact) mass is 428 g/mol. The molecule has 0 aliphatic rings. The van der Waals surface area contributed by atoms with Gasteiger partial charge < -0.3 is 4.74 Å². The summed E-state index contributed by atoms with van der Waals surface area (Å²) in [7, 11) is 0. The first kappa shape index (κ1) is 20.7. The van der Waals surface area contributed by atoms with Gasteiger partial charge in [0.15, 0.2) is 0 Å². The zero-order valence-corrected chi connectivity index (χ0v) is 16.7. The lowest BCUT2D eigenvalue weighted by molar-refractivity contribution is 0.0734. The number of nitrogens with zero attached hydrogens (tertiary/aromatic N) is 2. The van der Waals surface area contributed by atoms with Crippen LogP contribution in [0.15, 0.2) is 94.8 Å². The van der Waals surface area contributed by atoms with Crippen LogP contribution in [0.3, 0.4) is 0 Å². The number of benzene rings is 3. The standard InChI is InChI=1S/C24H17FN4O3/c25-19-10-8-18(9-11-19)23(31)32-20-12-6-16(7-13-20)15-26-29-24-27-21(14-22(30)28-24)17-4-2-1-3-5-17/h1-15H,(H2,27,28,29,30)/b26-15+. The minimum absolute atomic E-state index is 0.206. The molecule has 0 amide bonds. The first-order valence-electron chi connectivity index (χ1n) is 9.60. The van der Waals surface area contributed by atoms with Crippen molar-refractivity contribution < 1.29 is 13.9 Å². The highest BCUT2D eigenvalue weighted by Crippen LogP contribution is 2.16. The van der Waals surface area contributed by atoms with Gasteiger partial charge in [-0.2, -0.15) is 5.10 Å². The molecule has 158 valence electrons. The van der Waals surface area contributed by atoms with E-state index in [0.29, 0.717) is 11.4 Å². The Hall–Kier alpha value is -4.59. The third-order valence-corrected chi connectivity index (χ3v) is 4.37. The summed E-state index contributed by atoms with van der Waals surface area (Å²) in [5.74, 6) is -0.463. The van der Waals surface area contributed by atoms with Gasteiger partial charge in [-0.05, 0) is 54.1 Å². The van der Waals surface area contributed by atoms with Crippen molar-refractivity contribution in [2.45, 2.75) is 0 Å². The molecule has 0 unspecified atom stereocenters. The largest absolute Gasteiger partial charge is 0.423 e. The lowest BCUT2D eigenvalue weighted by Gasteiger charge is -2.05. The van der Waals surface area contributed by atoms with Gasteiger partial charge in [0, 0.05) is 11.6 Å². The second-order valence-corrected chi connectivity index (χ2v) is 6.68. The first-order chi connectivity index (χ1) is 15.6. The average molecular weight is 428 g/mol. The van der Waals surface area contributed by atoms with Crippen LogP contribution in [0.1, 0.15) is 15.9 Å². The Kier molecular flexibility index (Phi) is 6.12. The van der Waals surface area contributed by atoms with Gasteiger partial charge in [0.1, 0.15) is 11.6 Å². The third-order valence-electron chi connectivity index (χ3n) is 4.37. The fraction of sp³-hybridized carbons (Fsp3) is 0. The second kappa shape index (κ2) is 9.48. The molecule has 0 atom stereocenters. The SMILES string of the molecule is O=C(Oc1ccc(/C=N/Nc2nc(-c3ccccc3)cc(=O)[nH]2)cc1)c1ccc(F)cc1. The van der Waals surface area contributed by atoms with E-state index in [1.165, 1.54) is 36.5 Å². The Balaban J connectivity index is 1.39. The molecule has 0 saturated carbocycles. The summed E-state index contributed by atoms with van der Waals surface area (Å²) in [6, 6.07) is 22.5. The number of aromatic amines is 1. The van der Waals surface area contributed by atoms with Gasteiger partial charge in [-0.25, -0.2) is 19.6 Å². The Morgan fingerprint density at radius 3 is 2.44 bits per heavy atom. The number of carbonyl (C=O) groups is 1. The summed E-state index contributed by atoms with van der Waals surface area (Å²) >= 11 is 0. The normalized spacial score (nSPS) is 10.8. The molecule has 3 aromatic carbocycles. The number of hydrogen-bond acceptors (Lipinski definition) is 6. The van der Waals surface area contributed by atoms with Gasteiger partial charge in [0.05, 0.1) is 17.5 Å². The summed E-state index contributed by atoms with van der Waals surface area (Å²) in [6.45, 7) is 0. The molecule has 4 aromatic rings. The maximum absolute atomic E-state index is 13.0. The number of hydrazone groups is 1. The molecule has 0 spiro atoms.